The molecule has 3 atom stereocenters. The van der Waals surface area contributed by atoms with E-state index in [4.69, 9.17) is 0 Å². The van der Waals surface area contributed by atoms with Crippen LogP contribution in [-0.4, -0.2) is 44.2 Å². The zero-order chi connectivity index (χ0) is 19.8. The van der Waals surface area contributed by atoms with Crippen LogP contribution in [-0.2, 0) is 5.60 Å². The Bertz CT molecular complexity index is 1000. The third-order valence-corrected chi connectivity index (χ3v) is 6.48. The summed E-state index contributed by atoms with van der Waals surface area (Å²) in [5.41, 5.74) is 1.95. The Labute approximate surface area is 169 Å². The number of aromatic nitrogens is 3. The topological polar surface area (TPSA) is 82.1 Å². The van der Waals surface area contributed by atoms with Crippen LogP contribution in [0.25, 0.3) is 11.4 Å². The Morgan fingerprint density at radius 3 is 2.72 bits per heavy atom. The van der Waals surface area contributed by atoms with Gasteiger partial charge in [-0.1, -0.05) is 36.4 Å². The summed E-state index contributed by atoms with van der Waals surface area (Å²) in [5, 5.41) is 18.7. The molecule has 29 heavy (non-hydrogen) atoms. The average molecular weight is 388 g/mol. The van der Waals surface area contributed by atoms with Gasteiger partial charge in [0, 0.05) is 25.2 Å². The van der Waals surface area contributed by atoms with Crippen LogP contribution < -0.4 is 0 Å². The molecule has 2 aromatic heterocycles. The summed E-state index contributed by atoms with van der Waals surface area (Å²) in [4.78, 5) is 19.3. The first-order valence-electron chi connectivity index (χ1n) is 10.2. The summed E-state index contributed by atoms with van der Waals surface area (Å²) in [5.74, 6) is 0.307. The number of hydrogen-bond donors (Lipinski definition) is 2. The minimum absolute atomic E-state index is 0.0563. The van der Waals surface area contributed by atoms with Crippen LogP contribution in [0.1, 0.15) is 35.3 Å². The first-order valence-corrected chi connectivity index (χ1v) is 10.2. The van der Waals surface area contributed by atoms with Gasteiger partial charge < -0.3 is 10.0 Å². The van der Waals surface area contributed by atoms with Gasteiger partial charge in [0.2, 0.25) is 0 Å². The maximum atomic E-state index is 13.1. The quantitative estimate of drug-likeness (QED) is 0.722. The molecule has 1 aliphatic carbocycles. The summed E-state index contributed by atoms with van der Waals surface area (Å²) >= 11 is 0. The van der Waals surface area contributed by atoms with E-state index >= 15 is 0 Å². The molecular formula is C23H24N4O2. The molecule has 1 saturated heterocycles. The van der Waals surface area contributed by atoms with E-state index in [1.165, 1.54) is 0 Å². The number of carbonyl (C=O) groups excluding carboxylic acids is 1. The number of likely N-dealkylation sites (tertiary alicyclic amines) is 1. The first-order chi connectivity index (χ1) is 14.1. The van der Waals surface area contributed by atoms with Crippen molar-refractivity contribution in [1.82, 2.24) is 20.1 Å². The molecule has 6 heteroatoms. The number of hydrogen-bond acceptors (Lipinski definition) is 4. The largest absolute Gasteiger partial charge is 0.385 e. The standard InChI is InChI=1S/C23H24N4O2/c28-22(21-13-20(25-26-21)19-10-4-5-12-24-19)27-14-16-7-6-11-23(29,18(16)15-27)17-8-2-1-3-9-17/h1-5,8-10,12-13,16,18,29H,6-7,11,14-15H2,(H,25,26)/t16-,18+,23+/m0/s1. The summed E-state index contributed by atoms with van der Waals surface area (Å²) in [7, 11) is 0. The van der Waals surface area contributed by atoms with Crippen LogP contribution in [0.15, 0.2) is 60.8 Å². The number of carbonyl (C=O) groups is 1. The van der Waals surface area contributed by atoms with E-state index in [1.54, 1.807) is 12.3 Å². The molecular weight excluding hydrogens is 364 g/mol. The Kier molecular flexibility index (Phi) is 4.43. The number of amides is 1. The maximum Gasteiger partial charge on any atom is 0.271 e. The van der Waals surface area contributed by atoms with Gasteiger partial charge in [-0.2, -0.15) is 5.10 Å². The summed E-state index contributed by atoms with van der Waals surface area (Å²) in [6.07, 6.45) is 4.48. The van der Waals surface area contributed by atoms with Gasteiger partial charge in [-0.15, -0.1) is 0 Å². The second-order valence-electron chi connectivity index (χ2n) is 8.14. The fourth-order valence-electron chi connectivity index (χ4n) is 5.02. The van der Waals surface area contributed by atoms with Crippen molar-refractivity contribution in [2.24, 2.45) is 11.8 Å². The molecule has 1 aromatic carbocycles. The van der Waals surface area contributed by atoms with E-state index in [1.807, 2.05) is 53.4 Å². The normalized spacial score (nSPS) is 26.3. The molecule has 2 fully saturated rings. The van der Waals surface area contributed by atoms with Crippen LogP contribution in [0, 0.1) is 11.8 Å². The molecule has 0 unspecified atom stereocenters. The van der Waals surface area contributed by atoms with Crippen molar-refractivity contribution in [3.8, 4) is 11.4 Å². The van der Waals surface area contributed by atoms with E-state index in [0.717, 1.165) is 30.5 Å². The number of fused-ring (bicyclic) bond motifs is 1. The highest BCUT2D eigenvalue weighted by molar-refractivity contribution is 5.93. The van der Waals surface area contributed by atoms with Crippen LogP contribution in [0.4, 0.5) is 0 Å². The predicted octanol–water partition coefficient (Wildman–Crippen LogP) is 3.23. The number of pyridine rings is 1. The molecule has 1 aliphatic heterocycles. The Morgan fingerprint density at radius 2 is 1.93 bits per heavy atom. The van der Waals surface area contributed by atoms with Crippen molar-refractivity contribution < 1.29 is 9.90 Å². The number of rotatable bonds is 3. The number of nitrogens with zero attached hydrogens (tertiary/aromatic N) is 3. The lowest BCUT2D eigenvalue weighted by atomic mass is 9.67. The lowest BCUT2D eigenvalue weighted by molar-refractivity contribution is -0.0644. The first kappa shape index (κ1) is 18.1. The molecule has 1 amide bonds. The molecule has 0 bridgehead atoms. The summed E-state index contributed by atoms with van der Waals surface area (Å²) < 4.78 is 0. The third kappa shape index (κ3) is 3.13. The highest BCUT2D eigenvalue weighted by Crippen LogP contribution is 2.48. The zero-order valence-corrected chi connectivity index (χ0v) is 16.2. The smallest absolute Gasteiger partial charge is 0.271 e. The Balaban J connectivity index is 1.37. The van der Waals surface area contributed by atoms with Gasteiger partial charge in [-0.25, -0.2) is 0 Å². The highest BCUT2D eigenvalue weighted by atomic mass is 16.3. The Hall–Kier alpha value is -2.99. The lowest BCUT2D eigenvalue weighted by Gasteiger charge is -2.41. The van der Waals surface area contributed by atoms with Gasteiger partial charge in [-0.3, -0.25) is 14.9 Å². The van der Waals surface area contributed by atoms with Gasteiger partial charge in [0.05, 0.1) is 11.3 Å². The minimum Gasteiger partial charge on any atom is -0.385 e. The highest BCUT2D eigenvalue weighted by Gasteiger charge is 2.50. The van der Waals surface area contributed by atoms with Crippen LogP contribution in [0.5, 0.6) is 0 Å². The van der Waals surface area contributed by atoms with Crippen molar-refractivity contribution in [3.63, 3.8) is 0 Å². The van der Waals surface area contributed by atoms with Gasteiger partial charge >= 0.3 is 0 Å². The minimum atomic E-state index is -0.869. The molecule has 6 nitrogen and oxygen atoms in total. The molecule has 2 aliphatic rings. The van der Waals surface area contributed by atoms with Crippen molar-refractivity contribution in [2.45, 2.75) is 24.9 Å². The van der Waals surface area contributed by atoms with Crippen LogP contribution in [0.3, 0.4) is 0 Å². The molecule has 148 valence electrons. The second-order valence-corrected chi connectivity index (χ2v) is 8.14. The fourth-order valence-corrected chi connectivity index (χ4v) is 5.02. The molecule has 3 heterocycles. The van der Waals surface area contributed by atoms with Crippen molar-refractivity contribution >= 4 is 5.91 Å². The predicted molar refractivity (Wildman–Crippen MR) is 109 cm³/mol. The molecule has 0 spiro atoms. The van der Waals surface area contributed by atoms with E-state index < -0.39 is 5.60 Å². The van der Waals surface area contributed by atoms with Gasteiger partial charge in [0.1, 0.15) is 11.4 Å². The maximum absolute atomic E-state index is 13.1. The molecule has 3 aromatic rings. The van der Waals surface area contributed by atoms with Gasteiger partial charge in [0.15, 0.2) is 0 Å². The molecule has 2 N–H and O–H groups in total. The van der Waals surface area contributed by atoms with Gasteiger partial charge in [0.25, 0.3) is 5.91 Å². The zero-order valence-electron chi connectivity index (χ0n) is 16.2. The van der Waals surface area contributed by atoms with Crippen molar-refractivity contribution in [1.29, 1.82) is 0 Å². The van der Waals surface area contributed by atoms with Crippen molar-refractivity contribution in [2.75, 3.05) is 13.1 Å². The Morgan fingerprint density at radius 1 is 1.10 bits per heavy atom. The summed E-state index contributed by atoms with van der Waals surface area (Å²) in [6, 6.07) is 17.3. The fraction of sp³-hybridized carbons (Fsp3) is 0.348. The monoisotopic (exact) mass is 388 g/mol. The average Bonchev–Trinajstić information content (AvgIpc) is 3.43. The lowest BCUT2D eigenvalue weighted by Crippen LogP contribution is -2.42. The molecule has 5 rings (SSSR count). The van der Waals surface area contributed by atoms with E-state index in [2.05, 4.69) is 15.2 Å². The summed E-state index contributed by atoms with van der Waals surface area (Å²) in [6.45, 7) is 1.24. The third-order valence-electron chi connectivity index (χ3n) is 6.48. The van der Waals surface area contributed by atoms with Gasteiger partial charge in [-0.05, 0) is 48.9 Å². The van der Waals surface area contributed by atoms with E-state index in [-0.39, 0.29) is 11.8 Å². The van der Waals surface area contributed by atoms with E-state index in [9.17, 15) is 9.90 Å². The number of nitrogens with one attached hydrogen (secondary N) is 1. The molecule has 1 saturated carbocycles. The van der Waals surface area contributed by atoms with E-state index in [0.29, 0.717) is 30.4 Å². The van der Waals surface area contributed by atoms with Crippen molar-refractivity contribution in [3.05, 3.63) is 72.1 Å². The number of benzene rings is 1. The SMILES string of the molecule is O=C(c1cc(-c2ccccn2)n[nH]1)N1C[C@@H]2CCC[C@@](O)(c3ccccc3)[C@@H]2C1. The molecule has 0 radical (unpaired) electrons. The number of aromatic amines is 1. The van der Waals surface area contributed by atoms with Crippen LogP contribution >= 0.6 is 0 Å². The second kappa shape index (κ2) is 7.12. The van der Waals surface area contributed by atoms with Crippen LogP contribution in [0.2, 0.25) is 0 Å². The number of H-pyrrole nitrogens is 1. The number of aliphatic hydroxyl groups is 1.